The first-order valence-corrected chi connectivity index (χ1v) is 10.5. The van der Waals surface area contributed by atoms with Crippen molar-refractivity contribution >= 4 is 22.5 Å². The molecule has 5 atom stereocenters. The third-order valence-electron chi connectivity index (χ3n) is 5.85. The van der Waals surface area contributed by atoms with E-state index in [2.05, 4.69) is 31.2 Å². The van der Waals surface area contributed by atoms with Crippen molar-refractivity contribution < 1.29 is 25.2 Å². The molecule has 1 aliphatic heterocycles. The van der Waals surface area contributed by atoms with E-state index in [0.717, 1.165) is 28.5 Å². The van der Waals surface area contributed by atoms with E-state index in [1.165, 1.54) is 5.56 Å². The average molecular weight is 432 g/mol. The molecular weight excluding hydrogens is 406 g/mol. The minimum atomic E-state index is -1.44. The fourth-order valence-corrected chi connectivity index (χ4v) is 4.41. The number of fused-ring (bicyclic) bond motifs is 1. The van der Waals surface area contributed by atoms with Gasteiger partial charge in [-0.25, -0.2) is 0 Å². The highest BCUT2D eigenvalue weighted by Crippen LogP contribution is 2.36. The first kappa shape index (κ1) is 21.3. The van der Waals surface area contributed by atoms with Gasteiger partial charge in [0.2, 0.25) is 0 Å². The lowest BCUT2D eigenvalue weighted by molar-refractivity contribution is -0.250. The van der Waals surface area contributed by atoms with Gasteiger partial charge in [-0.05, 0) is 41.7 Å². The molecule has 4 rings (SSSR count). The van der Waals surface area contributed by atoms with E-state index in [4.69, 9.17) is 16.3 Å². The molecule has 3 aromatic rings. The maximum absolute atomic E-state index is 10.6. The Bertz CT molecular complexity index is 1020. The second kappa shape index (κ2) is 8.67. The number of hydrogen-bond acceptors (Lipinski definition) is 5. The van der Waals surface area contributed by atoms with Crippen LogP contribution in [-0.2, 0) is 17.6 Å². The molecule has 1 aliphatic rings. The topological polar surface area (TPSA) is 95.1 Å². The lowest BCUT2D eigenvalue weighted by Crippen LogP contribution is -2.56. The molecule has 2 aromatic carbocycles. The van der Waals surface area contributed by atoms with Crippen LogP contribution in [0.25, 0.3) is 10.9 Å². The lowest BCUT2D eigenvalue weighted by Gasteiger charge is -2.40. The summed E-state index contributed by atoms with van der Waals surface area (Å²) < 4.78 is 7.49. The Kier molecular flexibility index (Phi) is 6.16. The first-order valence-electron chi connectivity index (χ1n) is 10.1. The molecule has 0 amide bonds. The number of halogens is 1. The summed E-state index contributed by atoms with van der Waals surface area (Å²) in [6, 6.07) is 13.9. The summed E-state index contributed by atoms with van der Waals surface area (Å²) in [6.45, 7) is 1.64. The van der Waals surface area contributed by atoms with Crippen LogP contribution in [0.2, 0.25) is 5.02 Å². The Balaban J connectivity index is 1.76. The molecule has 0 unspecified atom stereocenters. The highest BCUT2D eigenvalue weighted by molar-refractivity contribution is 6.35. The second-order valence-electron chi connectivity index (χ2n) is 7.76. The van der Waals surface area contributed by atoms with E-state index in [1.807, 2.05) is 24.4 Å². The maximum Gasteiger partial charge on any atom is 0.163 e. The van der Waals surface area contributed by atoms with Crippen molar-refractivity contribution in [3.63, 3.8) is 0 Å². The summed E-state index contributed by atoms with van der Waals surface area (Å²) in [4.78, 5) is 0. The van der Waals surface area contributed by atoms with E-state index >= 15 is 0 Å². The summed E-state index contributed by atoms with van der Waals surface area (Å²) in [6.07, 6.45) is -2.69. The number of aliphatic hydroxyl groups is 4. The quantitative estimate of drug-likeness (QED) is 0.497. The van der Waals surface area contributed by atoms with E-state index < -0.39 is 37.3 Å². The zero-order chi connectivity index (χ0) is 21.4. The SMILES string of the molecule is CCc1ccc(Cc2cn([C@@H]3O[C@H](CO)[C@H](O)[C@H](O)[C@H]3O)c3cccc(Cl)c23)cc1. The van der Waals surface area contributed by atoms with Gasteiger partial charge in [-0.3, -0.25) is 0 Å². The highest BCUT2D eigenvalue weighted by atomic mass is 35.5. The predicted molar refractivity (Wildman–Crippen MR) is 115 cm³/mol. The van der Waals surface area contributed by atoms with Crippen molar-refractivity contribution in [2.24, 2.45) is 0 Å². The number of hydrogen-bond donors (Lipinski definition) is 4. The highest BCUT2D eigenvalue weighted by Gasteiger charge is 2.44. The van der Waals surface area contributed by atoms with Crippen LogP contribution >= 0.6 is 11.6 Å². The van der Waals surface area contributed by atoms with Crippen LogP contribution in [0.4, 0.5) is 0 Å². The summed E-state index contributed by atoms with van der Waals surface area (Å²) >= 11 is 6.53. The van der Waals surface area contributed by atoms with Crippen LogP contribution in [0.3, 0.4) is 0 Å². The van der Waals surface area contributed by atoms with Gasteiger partial charge in [0, 0.05) is 11.6 Å². The third kappa shape index (κ3) is 3.75. The molecule has 6 nitrogen and oxygen atoms in total. The zero-order valence-corrected chi connectivity index (χ0v) is 17.4. The standard InChI is InChI=1S/C23H26ClNO5/c1-2-13-6-8-14(9-7-13)10-15-11-25(17-5-3-4-16(24)19(15)17)23-22(29)21(28)20(27)18(12-26)30-23/h3-9,11,18,20-23,26-29H,2,10,12H2,1H3/t18-,20+,21+,22-,23-/m1/s1. The number of aryl methyl sites for hydroxylation is 1. The van der Waals surface area contributed by atoms with Gasteiger partial charge < -0.3 is 29.7 Å². The molecule has 160 valence electrons. The zero-order valence-electron chi connectivity index (χ0n) is 16.6. The Labute approximate surface area is 179 Å². The van der Waals surface area contributed by atoms with Crippen LogP contribution in [0.15, 0.2) is 48.7 Å². The molecule has 0 spiro atoms. The first-order chi connectivity index (χ1) is 14.4. The van der Waals surface area contributed by atoms with Crippen molar-refractivity contribution in [3.05, 3.63) is 70.4 Å². The van der Waals surface area contributed by atoms with Crippen molar-refractivity contribution in [3.8, 4) is 0 Å². The number of nitrogens with zero attached hydrogens (tertiary/aromatic N) is 1. The minimum Gasteiger partial charge on any atom is -0.394 e. The number of benzene rings is 2. The molecule has 1 saturated heterocycles. The molecule has 0 saturated carbocycles. The van der Waals surface area contributed by atoms with Gasteiger partial charge in [0.15, 0.2) is 6.23 Å². The minimum absolute atomic E-state index is 0.474. The fraction of sp³-hybridized carbons (Fsp3) is 0.391. The van der Waals surface area contributed by atoms with Crippen molar-refractivity contribution in [2.45, 2.75) is 50.4 Å². The van der Waals surface area contributed by atoms with E-state index in [9.17, 15) is 20.4 Å². The monoisotopic (exact) mass is 431 g/mol. The lowest BCUT2D eigenvalue weighted by atomic mass is 9.98. The van der Waals surface area contributed by atoms with Gasteiger partial charge in [0.25, 0.3) is 0 Å². The Morgan fingerprint density at radius 2 is 1.67 bits per heavy atom. The van der Waals surface area contributed by atoms with E-state index in [0.29, 0.717) is 11.4 Å². The Morgan fingerprint density at radius 3 is 2.33 bits per heavy atom. The predicted octanol–water partition coefficient (Wildman–Crippen LogP) is 2.42. The van der Waals surface area contributed by atoms with Crippen molar-refractivity contribution in [2.75, 3.05) is 6.61 Å². The normalized spacial score (nSPS) is 26.9. The molecule has 1 aromatic heterocycles. The van der Waals surface area contributed by atoms with Crippen LogP contribution in [0.5, 0.6) is 0 Å². The number of rotatable bonds is 5. The third-order valence-corrected chi connectivity index (χ3v) is 6.17. The average Bonchev–Trinajstić information content (AvgIpc) is 3.12. The molecule has 30 heavy (non-hydrogen) atoms. The molecular formula is C23H26ClNO5. The molecule has 0 radical (unpaired) electrons. The molecule has 2 heterocycles. The molecule has 7 heteroatoms. The molecule has 4 N–H and O–H groups in total. The fourth-order valence-electron chi connectivity index (χ4n) is 4.12. The van der Waals surface area contributed by atoms with E-state index in [-0.39, 0.29) is 0 Å². The van der Waals surface area contributed by atoms with Gasteiger partial charge >= 0.3 is 0 Å². The van der Waals surface area contributed by atoms with Gasteiger partial charge in [0.05, 0.1) is 17.1 Å². The van der Waals surface area contributed by atoms with Crippen molar-refractivity contribution in [1.82, 2.24) is 4.57 Å². The number of aliphatic hydroxyl groups excluding tert-OH is 4. The second-order valence-corrected chi connectivity index (χ2v) is 8.17. The summed E-state index contributed by atoms with van der Waals surface area (Å²) in [5, 5.41) is 41.8. The van der Waals surface area contributed by atoms with Crippen LogP contribution < -0.4 is 0 Å². The van der Waals surface area contributed by atoms with Gasteiger partial charge in [-0.1, -0.05) is 48.9 Å². The molecule has 1 fully saturated rings. The molecule has 0 bridgehead atoms. The Hall–Kier alpha value is -1.93. The number of ether oxygens (including phenoxy) is 1. The largest absolute Gasteiger partial charge is 0.394 e. The van der Waals surface area contributed by atoms with Crippen LogP contribution in [0, 0.1) is 0 Å². The van der Waals surface area contributed by atoms with Crippen molar-refractivity contribution in [1.29, 1.82) is 0 Å². The van der Waals surface area contributed by atoms with Crippen LogP contribution in [-0.4, -0.2) is 56.0 Å². The maximum atomic E-state index is 10.6. The summed E-state index contributed by atoms with van der Waals surface area (Å²) in [7, 11) is 0. The van der Waals surface area contributed by atoms with Gasteiger partial charge in [-0.2, -0.15) is 0 Å². The van der Waals surface area contributed by atoms with Gasteiger partial charge in [-0.15, -0.1) is 0 Å². The van der Waals surface area contributed by atoms with Gasteiger partial charge in [0.1, 0.15) is 24.4 Å². The summed E-state index contributed by atoms with van der Waals surface area (Å²) in [5.74, 6) is 0. The number of aromatic nitrogens is 1. The Morgan fingerprint density at radius 1 is 0.967 bits per heavy atom. The molecule has 0 aliphatic carbocycles. The smallest absolute Gasteiger partial charge is 0.163 e. The van der Waals surface area contributed by atoms with Crippen LogP contribution in [0.1, 0.15) is 29.8 Å². The van der Waals surface area contributed by atoms with E-state index in [1.54, 1.807) is 4.57 Å². The summed E-state index contributed by atoms with van der Waals surface area (Å²) in [5.41, 5.74) is 4.09.